The number of nitrogens with zero attached hydrogens (tertiary/aromatic N) is 2. The third-order valence-corrected chi connectivity index (χ3v) is 10.7. The molecule has 3 amide bonds. The molecule has 1 aliphatic carbocycles. The van der Waals surface area contributed by atoms with Crippen LogP contribution in [-0.2, 0) is 20.8 Å². The first-order chi connectivity index (χ1) is 25.0. The molecule has 0 aromatic heterocycles. The van der Waals surface area contributed by atoms with Crippen LogP contribution in [0.2, 0.25) is 0 Å². The van der Waals surface area contributed by atoms with E-state index in [4.69, 9.17) is 9.47 Å². The summed E-state index contributed by atoms with van der Waals surface area (Å²) < 4.78 is 12.0. The Morgan fingerprint density at radius 2 is 1.47 bits per heavy atom. The van der Waals surface area contributed by atoms with Gasteiger partial charge in [-0.1, -0.05) is 78.9 Å². The van der Waals surface area contributed by atoms with Gasteiger partial charge in [-0.05, 0) is 96.6 Å². The van der Waals surface area contributed by atoms with Crippen LogP contribution in [-0.4, -0.2) is 73.5 Å². The maximum absolute atomic E-state index is 12.9. The average Bonchev–Trinajstić information content (AvgIpc) is 3.17. The number of ether oxygens (including phenoxy) is 2. The molecule has 2 fully saturated rings. The van der Waals surface area contributed by atoms with E-state index in [1.807, 2.05) is 17.0 Å². The second-order valence-electron chi connectivity index (χ2n) is 13.9. The van der Waals surface area contributed by atoms with Gasteiger partial charge >= 0.3 is 0 Å². The van der Waals surface area contributed by atoms with Crippen LogP contribution < -0.4 is 14.8 Å². The van der Waals surface area contributed by atoms with Gasteiger partial charge in [-0.25, -0.2) is 0 Å². The zero-order valence-corrected chi connectivity index (χ0v) is 29.2. The van der Waals surface area contributed by atoms with Crippen LogP contribution in [0.25, 0.3) is 0 Å². The maximum Gasteiger partial charge on any atom is 0.260 e. The minimum Gasteiger partial charge on any atom is -0.494 e. The largest absolute Gasteiger partial charge is 0.494 e. The standard InChI is InChI=1S/C43H47N3O5/c47-40-22-21-39(43(49)44-40)34-12-8-13-36(29-34)51-30-41(48)46-26-24-45(25-27-46)23-6-7-28-50-35-18-15-33(16-19-35)42-37-14-5-4-11-32(37)17-20-38(42)31-9-2-1-3-10-31/h1-5,8-16,18-19,29,38-39,42H,6-7,17,20-28,30H2,(H,44,47,49). The van der Waals surface area contributed by atoms with Crippen LogP contribution in [0.4, 0.5) is 0 Å². The summed E-state index contributed by atoms with van der Waals surface area (Å²) in [6, 6.07) is 35.9. The van der Waals surface area contributed by atoms with E-state index >= 15 is 0 Å². The molecule has 0 bridgehead atoms. The lowest BCUT2D eigenvalue weighted by Gasteiger charge is -2.34. The van der Waals surface area contributed by atoms with Crippen molar-refractivity contribution in [1.29, 1.82) is 0 Å². The molecule has 0 spiro atoms. The molecule has 8 heteroatoms. The fourth-order valence-corrected chi connectivity index (χ4v) is 7.92. The van der Waals surface area contributed by atoms with Crippen molar-refractivity contribution >= 4 is 17.7 Å². The molecular weight excluding hydrogens is 638 g/mol. The topological polar surface area (TPSA) is 88.2 Å². The van der Waals surface area contributed by atoms with Crippen LogP contribution in [0, 0.1) is 0 Å². The van der Waals surface area contributed by atoms with Crippen LogP contribution in [0.3, 0.4) is 0 Å². The number of carbonyl (C=O) groups is 3. The summed E-state index contributed by atoms with van der Waals surface area (Å²) in [5.41, 5.74) is 6.44. The fraction of sp³-hybridized carbons (Fsp3) is 0.372. The van der Waals surface area contributed by atoms with Gasteiger partial charge in [0.15, 0.2) is 6.61 Å². The lowest BCUT2D eigenvalue weighted by atomic mass is 9.69. The van der Waals surface area contributed by atoms with Crippen molar-refractivity contribution in [1.82, 2.24) is 15.1 Å². The maximum atomic E-state index is 12.9. The minimum absolute atomic E-state index is 0.0382. The molecule has 4 aromatic rings. The SMILES string of the molecule is O=C1CCC(c2cccc(OCC(=O)N3CCN(CCCCOc4ccc(C5c6ccccc6CCC5c5ccccc5)cc4)CC3)c2)C(=O)N1. The fourth-order valence-electron chi connectivity index (χ4n) is 7.92. The van der Waals surface area contributed by atoms with Gasteiger partial charge in [0, 0.05) is 38.5 Å². The zero-order chi connectivity index (χ0) is 35.0. The first kappa shape index (κ1) is 34.5. The predicted octanol–water partition coefficient (Wildman–Crippen LogP) is 6.45. The quantitative estimate of drug-likeness (QED) is 0.136. The average molecular weight is 686 g/mol. The van der Waals surface area contributed by atoms with Crippen molar-refractivity contribution < 1.29 is 23.9 Å². The highest BCUT2D eigenvalue weighted by molar-refractivity contribution is 6.00. The van der Waals surface area contributed by atoms with Gasteiger partial charge in [-0.3, -0.25) is 24.6 Å². The number of benzene rings is 4. The normalized spacial score (nSPS) is 20.7. The number of imide groups is 1. The Hall–Kier alpha value is -4.95. The van der Waals surface area contributed by atoms with Crippen molar-refractivity contribution in [3.8, 4) is 11.5 Å². The molecular formula is C43H47N3O5. The first-order valence-electron chi connectivity index (χ1n) is 18.4. The molecule has 7 rings (SSSR count). The van der Waals surface area contributed by atoms with E-state index in [0.717, 1.165) is 56.6 Å². The second kappa shape index (κ2) is 16.4. The van der Waals surface area contributed by atoms with Gasteiger partial charge in [-0.2, -0.15) is 0 Å². The van der Waals surface area contributed by atoms with Gasteiger partial charge < -0.3 is 14.4 Å². The lowest BCUT2D eigenvalue weighted by Crippen LogP contribution is -2.50. The molecule has 2 saturated heterocycles. The van der Waals surface area contributed by atoms with Crippen molar-refractivity contribution in [2.45, 2.75) is 56.3 Å². The Kier molecular flexibility index (Phi) is 11.1. The summed E-state index contributed by atoms with van der Waals surface area (Å²) in [5, 5.41) is 2.40. The summed E-state index contributed by atoms with van der Waals surface area (Å²) in [6.07, 6.45) is 5.07. The van der Waals surface area contributed by atoms with Gasteiger partial charge in [0.2, 0.25) is 11.8 Å². The number of piperidine rings is 1. The molecule has 0 radical (unpaired) electrons. The summed E-state index contributed by atoms with van der Waals surface area (Å²) in [7, 11) is 0. The molecule has 1 N–H and O–H groups in total. The van der Waals surface area contributed by atoms with Gasteiger partial charge in [0.05, 0.1) is 12.5 Å². The van der Waals surface area contributed by atoms with E-state index in [0.29, 0.717) is 50.1 Å². The third-order valence-electron chi connectivity index (χ3n) is 10.7. The van der Waals surface area contributed by atoms with E-state index < -0.39 is 0 Å². The summed E-state index contributed by atoms with van der Waals surface area (Å²) in [4.78, 5) is 40.9. The summed E-state index contributed by atoms with van der Waals surface area (Å²) >= 11 is 0. The van der Waals surface area contributed by atoms with Gasteiger partial charge in [0.25, 0.3) is 5.91 Å². The van der Waals surface area contributed by atoms with Crippen LogP contribution >= 0.6 is 0 Å². The van der Waals surface area contributed by atoms with Crippen molar-refractivity contribution in [2.75, 3.05) is 45.9 Å². The molecule has 51 heavy (non-hydrogen) atoms. The number of hydrogen-bond donors (Lipinski definition) is 1. The lowest BCUT2D eigenvalue weighted by molar-refractivity contribution is -0.136. The van der Waals surface area contributed by atoms with E-state index in [1.165, 1.54) is 22.3 Å². The van der Waals surface area contributed by atoms with Gasteiger partial charge in [-0.15, -0.1) is 0 Å². The highest BCUT2D eigenvalue weighted by Crippen LogP contribution is 2.46. The Bertz CT molecular complexity index is 1800. The molecule has 264 valence electrons. The number of rotatable bonds is 12. The predicted molar refractivity (Wildman–Crippen MR) is 197 cm³/mol. The molecule has 4 aromatic carbocycles. The highest BCUT2D eigenvalue weighted by Gasteiger charge is 2.32. The molecule has 3 atom stereocenters. The number of nitrogens with one attached hydrogen (secondary N) is 1. The Balaban J connectivity index is 0.820. The highest BCUT2D eigenvalue weighted by atomic mass is 16.5. The molecule has 0 saturated carbocycles. The third kappa shape index (κ3) is 8.51. The monoisotopic (exact) mass is 685 g/mol. The summed E-state index contributed by atoms with van der Waals surface area (Å²) in [5.74, 6) is 1.31. The number of aryl methyl sites for hydroxylation is 1. The number of fused-ring (bicyclic) bond motifs is 1. The van der Waals surface area contributed by atoms with Crippen molar-refractivity contribution in [2.24, 2.45) is 0 Å². The second-order valence-corrected chi connectivity index (χ2v) is 13.9. The van der Waals surface area contributed by atoms with E-state index in [2.05, 4.69) is 89.1 Å². The van der Waals surface area contributed by atoms with Crippen molar-refractivity contribution in [3.05, 3.63) is 131 Å². The van der Waals surface area contributed by atoms with E-state index in [-0.39, 0.29) is 30.2 Å². The number of carbonyl (C=O) groups excluding carboxylic acids is 3. The van der Waals surface area contributed by atoms with Crippen LogP contribution in [0.1, 0.15) is 77.7 Å². The molecule has 2 heterocycles. The van der Waals surface area contributed by atoms with Crippen LogP contribution in [0.15, 0.2) is 103 Å². The minimum atomic E-state index is -0.382. The van der Waals surface area contributed by atoms with E-state index in [9.17, 15) is 14.4 Å². The zero-order valence-electron chi connectivity index (χ0n) is 29.2. The Morgan fingerprint density at radius 3 is 2.27 bits per heavy atom. The number of amides is 3. The first-order valence-corrected chi connectivity index (χ1v) is 18.4. The molecule has 3 aliphatic rings. The Labute approximate surface area is 300 Å². The molecule has 8 nitrogen and oxygen atoms in total. The number of unbranched alkanes of at least 4 members (excludes halogenated alkanes) is 1. The Morgan fingerprint density at radius 1 is 0.706 bits per heavy atom. The number of hydrogen-bond acceptors (Lipinski definition) is 6. The molecule has 2 aliphatic heterocycles. The molecule has 3 unspecified atom stereocenters. The van der Waals surface area contributed by atoms with Crippen molar-refractivity contribution in [3.63, 3.8) is 0 Å². The van der Waals surface area contributed by atoms with E-state index in [1.54, 1.807) is 12.1 Å². The van der Waals surface area contributed by atoms with Crippen LogP contribution in [0.5, 0.6) is 11.5 Å². The summed E-state index contributed by atoms with van der Waals surface area (Å²) in [6.45, 7) is 4.66. The number of piperazine rings is 1. The van der Waals surface area contributed by atoms with Gasteiger partial charge in [0.1, 0.15) is 11.5 Å². The smallest absolute Gasteiger partial charge is 0.260 e.